The van der Waals surface area contributed by atoms with E-state index in [2.05, 4.69) is 72.7 Å². The molecule has 2 N–H and O–H groups in total. The molecule has 1 aromatic heterocycles. The van der Waals surface area contributed by atoms with E-state index in [1.54, 1.807) is 0 Å². The van der Waals surface area contributed by atoms with E-state index in [9.17, 15) is 14.7 Å². The summed E-state index contributed by atoms with van der Waals surface area (Å²) in [7, 11) is -4.54. The van der Waals surface area contributed by atoms with Gasteiger partial charge in [-0.3, -0.25) is 14.3 Å². The van der Waals surface area contributed by atoms with E-state index in [1.807, 2.05) is 0 Å². The minimum Gasteiger partial charge on any atom is -0.408 e. The molecule has 0 radical (unpaired) electrons. The largest absolute Gasteiger partial charge is 0.408 e. The third-order valence-electron chi connectivity index (χ3n) is 7.06. The number of hydrogen-bond acceptors (Lipinski definition) is 6. The summed E-state index contributed by atoms with van der Waals surface area (Å²) >= 11 is 0. The molecule has 1 saturated heterocycles. The zero-order chi connectivity index (χ0) is 24.0. The van der Waals surface area contributed by atoms with Crippen molar-refractivity contribution in [1.29, 1.82) is 0 Å². The van der Waals surface area contributed by atoms with E-state index in [-0.39, 0.29) is 16.7 Å². The highest BCUT2D eigenvalue weighted by atomic mass is 28.4. The molecular formula is C21H40N2O6Si2. The van der Waals surface area contributed by atoms with Crippen molar-refractivity contribution in [2.24, 2.45) is 0 Å². The lowest BCUT2D eigenvalue weighted by atomic mass is 10.1. The summed E-state index contributed by atoms with van der Waals surface area (Å²) in [5.41, 5.74) is -1.06. The SMILES string of the molecule is CC(C)(C)[Si](C)(C)OC1[C@@H](O[Si](C)(C)C(C)(C)C)[C@@H](CO)O[C@H]1n1ccc(=O)[nH]c1=O. The molecule has 8 nitrogen and oxygen atoms in total. The lowest BCUT2D eigenvalue weighted by Gasteiger charge is -2.44. The van der Waals surface area contributed by atoms with Gasteiger partial charge in [-0.25, -0.2) is 4.79 Å². The van der Waals surface area contributed by atoms with Crippen molar-refractivity contribution in [3.63, 3.8) is 0 Å². The Morgan fingerprint density at radius 3 is 1.90 bits per heavy atom. The molecule has 0 spiro atoms. The molecular weight excluding hydrogens is 432 g/mol. The number of ether oxygens (including phenoxy) is 1. The standard InChI is InChI=1S/C21H40N2O6Si2/c1-20(2,3)30(7,8)28-16-14(13-24)27-18(23-12-11-15(25)22-19(23)26)17(16)29-31(9,10)21(4,5)6/h11-12,14,16-18,24H,13H2,1-10H3,(H,22,25,26)/t14-,16+,17?,18-/m1/s1. The van der Waals surface area contributed by atoms with E-state index in [0.717, 1.165) is 0 Å². The summed E-state index contributed by atoms with van der Waals surface area (Å²) in [6, 6.07) is 1.28. The lowest BCUT2D eigenvalue weighted by Crippen LogP contribution is -2.54. The fourth-order valence-electron chi connectivity index (χ4n) is 3.01. The minimum absolute atomic E-state index is 0.0541. The molecule has 0 aliphatic carbocycles. The quantitative estimate of drug-likeness (QED) is 0.616. The van der Waals surface area contributed by atoms with Gasteiger partial charge in [0.05, 0.1) is 6.61 Å². The summed E-state index contributed by atoms with van der Waals surface area (Å²) in [6.45, 7) is 21.2. The minimum atomic E-state index is -2.29. The van der Waals surface area contributed by atoms with Gasteiger partial charge in [-0.05, 0) is 36.3 Å². The summed E-state index contributed by atoms with van der Waals surface area (Å²) in [4.78, 5) is 26.4. The molecule has 0 saturated carbocycles. The van der Waals surface area contributed by atoms with Gasteiger partial charge in [0.25, 0.3) is 5.56 Å². The smallest absolute Gasteiger partial charge is 0.330 e. The third kappa shape index (κ3) is 5.48. The van der Waals surface area contributed by atoms with Crippen LogP contribution in [0.15, 0.2) is 21.9 Å². The molecule has 2 rings (SSSR count). The monoisotopic (exact) mass is 472 g/mol. The number of aliphatic hydroxyl groups is 1. The zero-order valence-corrected chi connectivity index (χ0v) is 22.6. The molecule has 0 amide bonds. The molecule has 178 valence electrons. The lowest BCUT2D eigenvalue weighted by molar-refractivity contribution is -0.0529. The van der Waals surface area contributed by atoms with Crippen LogP contribution in [0.2, 0.25) is 36.3 Å². The number of nitrogens with one attached hydrogen (secondary N) is 1. The normalized spacial score (nSPS) is 25.8. The average molecular weight is 473 g/mol. The second-order valence-corrected chi connectivity index (χ2v) is 21.0. The number of hydrogen-bond donors (Lipinski definition) is 2. The Morgan fingerprint density at radius 1 is 1.00 bits per heavy atom. The van der Waals surface area contributed by atoms with Crippen molar-refractivity contribution in [3.8, 4) is 0 Å². The maximum atomic E-state index is 12.6. The summed E-state index contributed by atoms with van der Waals surface area (Å²) in [6.07, 6.45) is -1.19. The molecule has 1 aliphatic rings. The van der Waals surface area contributed by atoms with Gasteiger partial charge in [0.15, 0.2) is 22.9 Å². The third-order valence-corrected chi connectivity index (χ3v) is 16.0. The second kappa shape index (κ2) is 8.71. The van der Waals surface area contributed by atoms with Crippen molar-refractivity contribution < 1.29 is 18.7 Å². The van der Waals surface area contributed by atoms with Gasteiger partial charge in [0.1, 0.15) is 18.3 Å². The van der Waals surface area contributed by atoms with Crippen molar-refractivity contribution in [2.45, 2.75) is 102 Å². The fraction of sp³-hybridized carbons (Fsp3) is 0.810. The number of H-pyrrole nitrogens is 1. The Hall–Kier alpha value is -1.05. The van der Waals surface area contributed by atoms with Crippen LogP contribution in [0.1, 0.15) is 47.8 Å². The van der Waals surface area contributed by atoms with E-state index < -0.39 is 52.4 Å². The van der Waals surface area contributed by atoms with Crippen molar-refractivity contribution in [1.82, 2.24) is 9.55 Å². The van der Waals surface area contributed by atoms with Crippen LogP contribution in [0.25, 0.3) is 0 Å². The van der Waals surface area contributed by atoms with Crippen LogP contribution >= 0.6 is 0 Å². The Labute approximate surface area is 187 Å². The van der Waals surface area contributed by atoms with E-state index >= 15 is 0 Å². The van der Waals surface area contributed by atoms with Gasteiger partial charge < -0.3 is 18.7 Å². The Kier molecular flexibility index (Phi) is 7.37. The predicted molar refractivity (Wildman–Crippen MR) is 126 cm³/mol. The molecule has 1 aromatic rings. The van der Waals surface area contributed by atoms with Gasteiger partial charge in [-0.1, -0.05) is 41.5 Å². The molecule has 10 heteroatoms. The van der Waals surface area contributed by atoms with Gasteiger partial charge in [0.2, 0.25) is 0 Å². The summed E-state index contributed by atoms with van der Waals surface area (Å²) < 4.78 is 21.0. The maximum absolute atomic E-state index is 12.6. The topological polar surface area (TPSA) is 103 Å². The van der Waals surface area contributed by atoms with Crippen LogP contribution in [0, 0.1) is 0 Å². The molecule has 0 bridgehead atoms. The average Bonchev–Trinajstić information content (AvgIpc) is 2.89. The van der Waals surface area contributed by atoms with Crippen molar-refractivity contribution >= 4 is 16.6 Å². The highest BCUT2D eigenvalue weighted by Crippen LogP contribution is 2.45. The Balaban J connectivity index is 2.57. The first-order valence-electron chi connectivity index (χ1n) is 10.8. The summed E-state index contributed by atoms with van der Waals surface area (Å²) in [5, 5.41) is 9.98. The fourth-order valence-corrected chi connectivity index (χ4v) is 5.61. The Morgan fingerprint density at radius 2 is 1.48 bits per heavy atom. The van der Waals surface area contributed by atoms with E-state index in [1.165, 1.54) is 16.8 Å². The molecule has 1 unspecified atom stereocenters. The zero-order valence-electron chi connectivity index (χ0n) is 20.6. The maximum Gasteiger partial charge on any atom is 0.330 e. The number of nitrogens with zero attached hydrogens (tertiary/aromatic N) is 1. The molecule has 4 atom stereocenters. The van der Waals surface area contributed by atoms with Gasteiger partial charge in [-0.2, -0.15) is 0 Å². The molecule has 0 aromatic carbocycles. The highest BCUT2D eigenvalue weighted by Gasteiger charge is 2.54. The van der Waals surface area contributed by atoms with Crippen LogP contribution in [-0.4, -0.2) is 56.2 Å². The first kappa shape index (κ1) is 26.2. The number of aromatic amines is 1. The van der Waals surface area contributed by atoms with Crippen LogP contribution in [0.5, 0.6) is 0 Å². The molecule has 2 heterocycles. The van der Waals surface area contributed by atoms with Gasteiger partial charge in [0, 0.05) is 12.3 Å². The van der Waals surface area contributed by atoms with Crippen LogP contribution in [0.4, 0.5) is 0 Å². The number of aliphatic hydroxyl groups excluding tert-OH is 1. The van der Waals surface area contributed by atoms with Gasteiger partial charge >= 0.3 is 5.69 Å². The van der Waals surface area contributed by atoms with Crippen molar-refractivity contribution in [2.75, 3.05) is 6.61 Å². The molecule has 1 fully saturated rings. The number of rotatable bonds is 6. The predicted octanol–water partition coefficient (Wildman–Crippen LogP) is 3.21. The molecule has 1 aliphatic heterocycles. The second-order valence-electron chi connectivity index (χ2n) is 11.5. The van der Waals surface area contributed by atoms with E-state index in [4.69, 9.17) is 13.6 Å². The van der Waals surface area contributed by atoms with E-state index in [0.29, 0.717) is 0 Å². The van der Waals surface area contributed by atoms with Gasteiger partial charge in [-0.15, -0.1) is 0 Å². The number of aromatic nitrogens is 2. The summed E-state index contributed by atoms with van der Waals surface area (Å²) in [5.74, 6) is 0. The Bertz CT molecular complexity index is 881. The highest BCUT2D eigenvalue weighted by molar-refractivity contribution is 6.74. The van der Waals surface area contributed by atoms with Crippen LogP contribution < -0.4 is 11.2 Å². The van der Waals surface area contributed by atoms with Crippen LogP contribution in [0.3, 0.4) is 0 Å². The molecule has 31 heavy (non-hydrogen) atoms. The van der Waals surface area contributed by atoms with Crippen molar-refractivity contribution in [3.05, 3.63) is 33.1 Å². The van der Waals surface area contributed by atoms with Crippen LogP contribution in [-0.2, 0) is 13.6 Å². The first-order valence-corrected chi connectivity index (χ1v) is 16.7. The first-order chi connectivity index (χ1) is 13.9.